The SMILES string of the molecule is CCc1ccc(OCc2c(O)cccc2O)cc1. The van der Waals surface area contributed by atoms with E-state index >= 15 is 0 Å². The van der Waals surface area contributed by atoms with Crippen LogP contribution in [0.4, 0.5) is 0 Å². The number of hydrogen-bond donors (Lipinski definition) is 2. The van der Waals surface area contributed by atoms with Crippen LogP contribution in [-0.4, -0.2) is 10.2 Å². The van der Waals surface area contributed by atoms with E-state index in [9.17, 15) is 10.2 Å². The number of hydrogen-bond acceptors (Lipinski definition) is 3. The van der Waals surface area contributed by atoms with Crippen molar-refractivity contribution in [2.24, 2.45) is 0 Å². The fourth-order valence-electron chi connectivity index (χ4n) is 1.69. The molecule has 0 heterocycles. The molecule has 2 rings (SSSR count). The molecule has 3 heteroatoms. The van der Waals surface area contributed by atoms with Crippen LogP contribution in [0.1, 0.15) is 18.1 Å². The lowest BCUT2D eigenvalue weighted by atomic mass is 10.1. The van der Waals surface area contributed by atoms with Gasteiger partial charge < -0.3 is 14.9 Å². The summed E-state index contributed by atoms with van der Waals surface area (Å²) in [6, 6.07) is 12.4. The van der Waals surface area contributed by atoms with Crippen LogP contribution in [-0.2, 0) is 13.0 Å². The van der Waals surface area contributed by atoms with Gasteiger partial charge in [0, 0.05) is 0 Å². The maximum Gasteiger partial charge on any atom is 0.125 e. The van der Waals surface area contributed by atoms with E-state index in [-0.39, 0.29) is 18.1 Å². The van der Waals surface area contributed by atoms with Crippen molar-refractivity contribution in [3.05, 3.63) is 53.6 Å². The number of phenols is 2. The Hall–Kier alpha value is -2.16. The Labute approximate surface area is 106 Å². The molecule has 0 amide bonds. The maximum atomic E-state index is 9.61. The monoisotopic (exact) mass is 244 g/mol. The molecule has 0 aliphatic heterocycles. The van der Waals surface area contributed by atoms with Gasteiger partial charge in [-0.05, 0) is 36.2 Å². The molecule has 18 heavy (non-hydrogen) atoms. The molecule has 0 spiro atoms. The highest BCUT2D eigenvalue weighted by molar-refractivity contribution is 5.42. The van der Waals surface area contributed by atoms with Crippen molar-refractivity contribution < 1.29 is 14.9 Å². The molecule has 0 saturated heterocycles. The van der Waals surface area contributed by atoms with Crippen molar-refractivity contribution in [2.75, 3.05) is 0 Å². The van der Waals surface area contributed by atoms with Gasteiger partial charge in [0.05, 0.1) is 5.56 Å². The van der Waals surface area contributed by atoms with E-state index < -0.39 is 0 Å². The molecular weight excluding hydrogens is 228 g/mol. The van der Waals surface area contributed by atoms with Gasteiger partial charge in [0.1, 0.15) is 23.9 Å². The minimum Gasteiger partial charge on any atom is -0.507 e. The van der Waals surface area contributed by atoms with Crippen molar-refractivity contribution in [2.45, 2.75) is 20.0 Å². The van der Waals surface area contributed by atoms with Crippen LogP contribution >= 0.6 is 0 Å². The summed E-state index contributed by atoms with van der Waals surface area (Å²) in [6.07, 6.45) is 0.987. The molecule has 0 aliphatic rings. The first-order chi connectivity index (χ1) is 8.70. The Balaban J connectivity index is 2.06. The first-order valence-corrected chi connectivity index (χ1v) is 5.92. The summed E-state index contributed by atoms with van der Waals surface area (Å²) < 4.78 is 5.53. The lowest BCUT2D eigenvalue weighted by Crippen LogP contribution is -1.96. The van der Waals surface area contributed by atoms with Crippen LogP contribution in [0, 0.1) is 0 Å². The highest BCUT2D eigenvalue weighted by Gasteiger charge is 2.07. The molecule has 3 nitrogen and oxygen atoms in total. The van der Waals surface area contributed by atoms with E-state index in [0.29, 0.717) is 5.56 Å². The highest BCUT2D eigenvalue weighted by atomic mass is 16.5. The van der Waals surface area contributed by atoms with Gasteiger partial charge in [0.2, 0.25) is 0 Å². The van der Waals surface area contributed by atoms with Crippen LogP contribution in [0.3, 0.4) is 0 Å². The molecule has 0 aromatic heterocycles. The summed E-state index contributed by atoms with van der Waals surface area (Å²) in [6.45, 7) is 2.24. The Morgan fingerprint density at radius 2 is 1.56 bits per heavy atom. The molecule has 2 aromatic rings. The lowest BCUT2D eigenvalue weighted by molar-refractivity contribution is 0.291. The van der Waals surface area contributed by atoms with Crippen LogP contribution in [0.25, 0.3) is 0 Å². The summed E-state index contributed by atoms with van der Waals surface area (Å²) in [4.78, 5) is 0. The normalized spacial score (nSPS) is 10.3. The fraction of sp³-hybridized carbons (Fsp3) is 0.200. The minimum absolute atomic E-state index is 0.0418. The molecule has 2 aromatic carbocycles. The standard InChI is InChI=1S/C15H16O3/c1-2-11-6-8-12(9-7-11)18-10-13-14(16)4-3-5-15(13)17/h3-9,16-17H,2,10H2,1H3. The fourth-order valence-corrected chi connectivity index (χ4v) is 1.69. The molecule has 0 unspecified atom stereocenters. The van der Waals surface area contributed by atoms with E-state index in [1.165, 1.54) is 17.7 Å². The van der Waals surface area contributed by atoms with Gasteiger partial charge in [-0.1, -0.05) is 25.1 Å². The van der Waals surface area contributed by atoms with E-state index in [4.69, 9.17) is 4.74 Å². The number of ether oxygens (including phenoxy) is 1. The van der Waals surface area contributed by atoms with E-state index in [2.05, 4.69) is 6.92 Å². The zero-order chi connectivity index (χ0) is 13.0. The number of rotatable bonds is 4. The predicted octanol–water partition coefficient (Wildman–Crippen LogP) is 3.24. The topological polar surface area (TPSA) is 49.7 Å². The van der Waals surface area contributed by atoms with E-state index in [1.54, 1.807) is 6.07 Å². The molecule has 0 radical (unpaired) electrons. The summed E-state index contributed by atoms with van der Waals surface area (Å²) >= 11 is 0. The summed E-state index contributed by atoms with van der Waals surface area (Å²) in [7, 11) is 0. The van der Waals surface area contributed by atoms with Crippen LogP contribution < -0.4 is 4.74 Å². The van der Waals surface area contributed by atoms with Gasteiger partial charge in [0.25, 0.3) is 0 Å². The number of aryl methyl sites for hydroxylation is 1. The summed E-state index contributed by atoms with van der Waals surface area (Å²) in [5.74, 6) is 0.801. The summed E-state index contributed by atoms with van der Waals surface area (Å²) in [5.41, 5.74) is 1.64. The Morgan fingerprint density at radius 1 is 0.944 bits per heavy atom. The Morgan fingerprint density at radius 3 is 2.11 bits per heavy atom. The molecule has 0 saturated carbocycles. The van der Waals surface area contributed by atoms with Gasteiger partial charge in [0.15, 0.2) is 0 Å². The molecular formula is C15H16O3. The quantitative estimate of drug-likeness (QED) is 0.868. The number of phenolic OH excluding ortho intramolecular Hbond substituents is 2. The minimum atomic E-state index is 0.0418. The van der Waals surface area contributed by atoms with Crippen molar-refractivity contribution in [1.29, 1.82) is 0 Å². The second-order valence-electron chi connectivity index (χ2n) is 4.06. The zero-order valence-electron chi connectivity index (χ0n) is 10.3. The first-order valence-electron chi connectivity index (χ1n) is 5.92. The van der Waals surface area contributed by atoms with Crippen molar-refractivity contribution >= 4 is 0 Å². The third kappa shape index (κ3) is 2.74. The maximum absolute atomic E-state index is 9.61. The molecule has 0 bridgehead atoms. The van der Waals surface area contributed by atoms with Crippen molar-refractivity contribution in [1.82, 2.24) is 0 Å². The second kappa shape index (κ2) is 5.45. The highest BCUT2D eigenvalue weighted by Crippen LogP contribution is 2.27. The average molecular weight is 244 g/mol. The van der Waals surface area contributed by atoms with E-state index in [1.807, 2.05) is 24.3 Å². The van der Waals surface area contributed by atoms with Crippen molar-refractivity contribution in [3.63, 3.8) is 0 Å². The average Bonchev–Trinajstić information content (AvgIpc) is 2.39. The lowest BCUT2D eigenvalue weighted by Gasteiger charge is -2.09. The summed E-state index contributed by atoms with van der Waals surface area (Å²) in [5, 5.41) is 19.2. The third-order valence-electron chi connectivity index (χ3n) is 2.84. The smallest absolute Gasteiger partial charge is 0.125 e. The van der Waals surface area contributed by atoms with Gasteiger partial charge in [-0.15, -0.1) is 0 Å². The van der Waals surface area contributed by atoms with Gasteiger partial charge in [-0.3, -0.25) is 0 Å². The second-order valence-corrected chi connectivity index (χ2v) is 4.06. The Bertz CT molecular complexity index is 498. The molecule has 0 fully saturated rings. The molecule has 2 N–H and O–H groups in total. The van der Waals surface area contributed by atoms with Crippen LogP contribution in [0.15, 0.2) is 42.5 Å². The predicted molar refractivity (Wildman–Crippen MR) is 69.9 cm³/mol. The Kier molecular flexibility index (Phi) is 3.72. The van der Waals surface area contributed by atoms with Crippen LogP contribution in [0.2, 0.25) is 0 Å². The van der Waals surface area contributed by atoms with Gasteiger partial charge in [-0.2, -0.15) is 0 Å². The zero-order valence-corrected chi connectivity index (χ0v) is 10.3. The number of benzene rings is 2. The van der Waals surface area contributed by atoms with Crippen molar-refractivity contribution in [3.8, 4) is 17.2 Å². The molecule has 94 valence electrons. The van der Waals surface area contributed by atoms with Gasteiger partial charge >= 0.3 is 0 Å². The van der Waals surface area contributed by atoms with E-state index in [0.717, 1.165) is 12.2 Å². The largest absolute Gasteiger partial charge is 0.507 e. The number of aromatic hydroxyl groups is 2. The molecule has 0 aliphatic carbocycles. The molecule has 0 atom stereocenters. The third-order valence-corrected chi connectivity index (χ3v) is 2.84. The first kappa shape index (κ1) is 12.3. The van der Waals surface area contributed by atoms with Gasteiger partial charge in [-0.25, -0.2) is 0 Å². The van der Waals surface area contributed by atoms with Crippen LogP contribution in [0.5, 0.6) is 17.2 Å².